The zero-order valence-corrected chi connectivity index (χ0v) is 15.5. The largest absolute Gasteiger partial charge is 0.483 e. The molecule has 0 saturated carbocycles. The van der Waals surface area contributed by atoms with E-state index in [-0.39, 0.29) is 31.0 Å². The molecule has 0 aliphatic carbocycles. The van der Waals surface area contributed by atoms with Gasteiger partial charge < -0.3 is 15.8 Å². The second-order valence-corrected chi connectivity index (χ2v) is 6.13. The maximum absolute atomic E-state index is 12.0. The highest BCUT2D eigenvalue weighted by Crippen LogP contribution is 2.27. The average molecular weight is 343 g/mol. The quantitative estimate of drug-likeness (QED) is 0.721. The molecule has 1 unspecified atom stereocenters. The van der Waals surface area contributed by atoms with Crippen LogP contribution in [0.5, 0.6) is 5.75 Å². The minimum atomic E-state index is -0.109. The van der Waals surface area contributed by atoms with Gasteiger partial charge in [-0.1, -0.05) is 45.7 Å². The Kier molecular flexibility index (Phi) is 10.7. The van der Waals surface area contributed by atoms with Crippen LogP contribution in [0.1, 0.15) is 57.1 Å². The van der Waals surface area contributed by atoms with Crippen LogP contribution in [0, 0.1) is 6.92 Å². The van der Waals surface area contributed by atoms with E-state index in [4.69, 9.17) is 10.5 Å². The molecule has 0 aromatic heterocycles. The summed E-state index contributed by atoms with van der Waals surface area (Å²) in [7, 11) is 0. The van der Waals surface area contributed by atoms with Crippen molar-refractivity contribution < 1.29 is 9.53 Å². The fraction of sp³-hybridized carbons (Fsp3) is 0.611. The predicted molar refractivity (Wildman–Crippen MR) is 98.5 cm³/mol. The molecule has 3 N–H and O–H groups in total. The normalized spacial score (nSPS) is 11.7. The molecule has 0 fully saturated rings. The third-order valence-corrected chi connectivity index (χ3v) is 3.71. The highest BCUT2D eigenvalue weighted by molar-refractivity contribution is 5.85. The molecular weight excluding hydrogens is 312 g/mol. The fourth-order valence-corrected chi connectivity index (χ4v) is 2.36. The van der Waals surface area contributed by atoms with Gasteiger partial charge in [0.1, 0.15) is 5.75 Å². The Morgan fingerprint density at radius 1 is 1.35 bits per heavy atom. The minimum absolute atomic E-state index is 0. The summed E-state index contributed by atoms with van der Waals surface area (Å²) in [5.41, 5.74) is 7.95. The first-order valence-corrected chi connectivity index (χ1v) is 8.20. The van der Waals surface area contributed by atoms with Crippen LogP contribution >= 0.6 is 12.4 Å². The second kappa shape index (κ2) is 11.3. The summed E-state index contributed by atoms with van der Waals surface area (Å²) >= 11 is 0. The van der Waals surface area contributed by atoms with Crippen molar-refractivity contribution in [3.05, 3.63) is 29.3 Å². The minimum Gasteiger partial charge on any atom is -0.483 e. The molecule has 0 aliphatic rings. The number of aryl methyl sites for hydroxylation is 1. The summed E-state index contributed by atoms with van der Waals surface area (Å²) in [6.45, 7) is 8.88. The number of hydrogen-bond donors (Lipinski definition) is 2. The van der Waals surface area contributed by atoms with Crippen LogP contribution in [0.25, 0.3) is 0 Å². The smallest absolute Gasteiger partial charge is 0.258 e. The van der Waals surface area contributed by atoms with E-state index in [1.165, 1.54) is 0 Å². The van der Waals surface area contributed by atoms with Crippen molar-refractivity contribution in [3.63, 3.8) is 0 Å². The van der Waals surface area contributed by atoms with Gasteiger partial charge in [0.05, 0.1) is 0 Å². The van der Waals surface area contributed by atoms with E-state index in [9.17, 15) is 4.79 Å². The van der Waals surface area contributed by atoms with Gasteiger partial charge >= 0.3 is 0 Å². The Hall–Kier alpha value is -1.26. The standard InChI is InChI=1S/C18H30N2O2.ClH/c1-5-6-7-15(11-19)20-18(21)12-22-17-10-14(4)8-9-16(17)13(2)3;/h8-10,13,15H,5-7,11-12,19H2,1-4H3,(H,20,21);1H. The van der Waals surface area contributed by atoms with Crippen molar-refractivity contribution in [1.29, 1.82) is 0 Å². The van der Waals surface area contributed by atoms with Crippen LogP contribution < -0.4 is 15.8 Å². The van der Waals surface area contributed by atoms with Crippen LogP contribution in [-0.2, 0) is 4.79 Å². The van der Waals surface area contributed by atoms with Crippen molar-refractivity contribution >= 4 is 18.3 Å². The number of ether oxygens (including phenoxy) is 1. The van der Waals surface area contributed by atoms with Crippen LogP contribution in [-0.4, -0.2) is 25.1 Å². The maximum Gasteiger partial charge on any atom is 0.258 e. The SMILES string of the molecule is CCCCC(CN)NC(=O)COc1cc(C)ccc1C(C)C.Cl. The second-order valence-electron chi connectivity index (χ2n) is 6.13. The van der Waals surface area contributed by atoms with Crippen molar-refractivity contribution in [2.24, 2.45) is 5.73 Å². The van der Waals surface area contributed by atoms with Crippen LogP contribution in [0.3, 0.4) is 0 Å². The van der Waals surface area contributed by atoms with E-state index in [1.807, 2.05) is 13.0 Å². The lowest BCUT2D eigenvalue weighted by atomic mass is 10.0. The van der Waals surface area contributed by atoms with Gasteiger partial charge in [-0.2, -0.15) is 0 Å². The number of rotatable bonds is 9. The van der Waals surface area contributed by atoms with Crippen molar-refractivity contribution in [2.45, 2.75) is 58.9 Å². The lowest BCUT2D eigenvalue weighted by molar-refractivity contribution is -0.123. The van der Waals surface area contributed by atoms with Gasteiger partial charge in [0.15, 0.2) is 6.61 Å². The molecule has 132 valence electrons. The topological polar surface area (TPSA) is 64.3 Å². The predicted octanol–water partition coefficient (Wildman–Crippen LogP) is 3.55. The van der Waals surface area contributed by atoms with Gasteiger partial charge in [0.25, 0.3) is 5.91 Å². The summed E-state index contributed by atoms with van der Waals surface area (Å²) in [5.74, 6) is 1.05. The summed E-state index contributed by atoms with van der Waals surface area (Å²) < 4.78 is 5.74. The number of carbonyl (C=O) groups is 1. The van der Waals surface area contributed by atoms with Gasteiger partial charge in [-0.3, -0.25) is 4.79 Å². The molecule has 0 saturated heterocycles. The Morgan fingerprint density at radius 2 is 2.04 bits per heavy atom. The third kappa shape index (κ3) is 7.71. The van der Waals surface area contributed by atoms with Gasteiger partial charge in [-0.15, -0.1) is 12.4 Å². The summed E-state index contributed by atoms with van der Waals surface area (Å²) in [6.07, 6.45) is 3.09. The molecule has 0 aliphatic heterocycles. The number of benzene rings is 1. The molecule has 23 heavy (non-hydrogen) atoms. The van der Waals surface area contributed by atoms with Crippen molar-refractivity contribution in [2.75, 3.05) is 13.2 Å². The van der Waals surface area contributed by atoms with Crippen LogP contribution in [0.2, 0.25) is 0 Å². The molecular formula is C18H31ClN2O2. The summed E-state index contributed by atoms with van der Waals surface area (Å²) in [5, 5.41) is 2.95. The van der Waals surface area contributed by atoms with E-state index in [1.54, 1.807) is 0 Å². The highest BCUT2D eigenvalue weighted by atomic mass is 35.5. The molecule has 0 heterocycles. The van der Waals surface area contributed by atoms with E-state index in [0.29, 0.717) is 12.5 Å². The zero-order valence-electron chi connectivity index (χ0n) is 14.7. The molecule has 1 rings (SSSR count). The number of nitrogens with one attached hydrogen (secondary N) is 1. The Labute approximate surface area is 146 Å². The molecule has 0 radical (unpaired) electrons. The molecule has 5 heteroatoms. The zero-order chi connectivity index (χ0) is 16.5. The molecule has 0 bridgehead atoms. The molecule has 0 spiro atoms. The number of unbranched alkanes of at least 4 members (excludes halogenated alkanes) is 1. The first-order valence-electron chi connectivity index (χ1n) is 8.20. The monoisotopic (exact) mass is 342 g/mol. The Morgan fingerprint density at radius 3 is 2.61 bits per heavy atom. The van der Waals surface area contributed by atoms with Gasteiger partial charge in [0, 0.05) is 12.6 Å². The van der Waals surface area contributed by atoms with E-state index >= 15 is 0 Å². The third-order valence-electron chi connectivity index (χ3n) is 3.71. The number of amides is 1. The number of nitrogens with two attached hydrogens (primary N) is 1. The van der Waals surface area contributed by atoms with Crippen molar-refractivity contribution in [3.8, 4) is 5.75 Å². The molecule has 4 nitrogen and oxygen atoms in total. The van der Waals surface area contributed by atoms with Gasteiger partial charge in [-0.25, -0.2) is 0 Å². The summed E-state index contributed by atoms with van der Waals surface area (Å²) in [6, 6.07) is 6.16. The van der Waals surface area contributed by atoms with E-state index < -0.39 is 0 Å². The van der Waals surface area contributed by atoms with E-state index in [0.717, 1.165) is 36.1 Å². The number of carbonyl (C=O) groups excluding carboxylic acids is 1. The first-order chi connectivity index (χ1) is 10.5. The number of hydrogen-bond acceptors (Lipinski definition) is 3. The number of halogens is 1. The molecule has 1 aromatic carbocycles. The van der Waals surface area contributed by atoms with E-state index in [2.05, 4.69) is 38.2 Å². The lowest BCUT2D eigenvalue weighted by Crippen LogP contribution is -2.42. The molecule has 1 aromatic rings. The highest BCUT2D eigenvalue weighted by Gasteiger charge is 2.13. The lowest BCUT2D eigenvalue weighted by Gasteiger charge is -2.18. The van der Waals surface area contributed by atoms with Gasteiger partial charge in [0.2, 0.25) is 0 Å². The molecule has 1 amide bonds. The molecule has 1 atom stereocenters. The average Bonchev–Trinajstić information content (AvgIpc) is 2.49. The maximum atomic E-state index is 12.0. The van der Waals surface area contributed by atoms with Crippen LogP contribution in [0.4, 0.5) is 0 Å². The fourth-order valence-electron chi connectivity index (χ4n) is 2.36. The van der Waals surface area contributed by atoms with Gasteiger partial charge in [-0.05, 0) is 36.5 Å². The first kappa shape index (κ1) is 21.7. The Bertz CT molecular complexity index is 478. The van der Waals surface area contributed by atoms with Crippen molar-refractivity contribution in [1.82, 2.24) is 5.32 Å². The Balaban J connectivity index is 0.00000484. The summed E-state index contributed by atoms with van der Waals surface area (Å²) in [4.78, 5) is 12.0. The van der Waals surface area contributed by atoms with Crippen LogP contribution in [0.15, 0.2) is 18.2 Å².